The van der Waals surface area contributed by atoms with Crippen LogP contribution in [-0.4, -0.2) is 29.9 Å². The highest BCUT2D eigenvalue weighted by atomic mass is 16.2. The smallest absolute Gasteiger partial charge is 0.319 e. The van der Waals surface area contributed by atoms with E-state index in [-0.39, 0.29) is 11.9 Å². The molecule has 0 saturated carbocycles. The van der Waals surface area contributed by atoms with Crippen molar-refractivity contribution in [2.45, 2.75) is 32.7 Å². The highest BCUT2D eigenvalue weighted by Gasteiger charge is 2.19. The summed E-state index contributed by atoms with van der Waals surface area (Å²) in [6.45, 7) is 4.14. The van der Waals surface area contributed by atoms with Crippen molar-refractivity contribution in [2.24, 2.45) is 0 Å². The summed E-state index contributed by atoms with van der Waals surface area (Å²) < 4.78 is 0. The average molecular weight is 351 g/mol. The van der Waals surface area contributed by atoms with E-state index in [1.807, 2.05) is 53.4 Å². The van der Waals surface area contributed by atoms with Crippen molar-refractivity contribution in [3.05, 3.63) is 65.2 Å². The molecule has 1 fully saturated rings. The molecule has 1 aliphatic heterocycles. The zero-order valence-corrected chi connectivity index (χ0v) is 15.1. The Morgan fingerprint density at radius 3 is 2.42 bits per heavy atom. The maximum absolute atomic E-state index is 12.5. The van der Waals surface area contributed by atoms with Gasteiger partial charge in [0, 0.05) is 30.9 Å². The first-order valence-electron chi connectivity index (χ1n) is 9.17. The van der Waals surface area contributed by atoms with Crippen molar-refractivity contribution < 1.29 is 9.59 Å². The van der Waals surface area contributed by atoms with Crippen LogP contribution >= 0.6 is 0 Å². The summed E-state index contributed by atoms with van der Waals surface area (Å²) in [7, 11) is 0. The van der Waals surface area contributed by atoms with Gasteiger partial charge >= 0.3 is 6.03 Å². The van der Waals surface area contributed by atoms with E-state index < -0.39 is 0 Å². The molecule has 1 heterocycles. The summed E-state index contributed by atoms with van der Waals surface area (Å²) in [6.07, 6.45) is 3.12. The predicted molar refractivity (Wildman–Crippen MR) is 103 cm³/mol. The second-order valence-corrected chi connectivity index (χ2v) is 6.56. The molecule has 0 aliphatic carbocycles. The van der Waals surface area contributed by atoms with Crippen molar-refractivity contribution in [3.63, 3.8) is 0 Å². The van der Waals surface area contributed by atoms with Gasteiger partial charge in [-0.05, 0) is 54.7 Å². The van der Waals surface area contributed by atoms with Crippen LogP contribution in [0.15, 0.2) is 48.5 Å². The first kappa shape index (κ1) is 18.0. The van der Waals surface area contributed by atoms with Crippen LogP contribution in [0.4, 0.5) is 10.5 Å². The Labute approximate surface area is 154 Å². The van der Waals surface area contributed by atoms with E-state index in [0.717, 1.165) is 43.6 Å². The van der Waals surface area contributed by atoms with Gasteiger partial charge in [0.05, 0.1) is 0 Å². The second kappa shape index (κ2) is 8.52. The van der Waals surface area contributed by atoms with E-state index in [0.29, 0.717) is 12.1 Å². The van der Waals surface area contributed by atoms with E-state index in [9.17, 15) is 9.59 Å². The summed E-state index contributed by atoms with van der Waals surface area (Å²) in [5, 5.41) is 5.66. The van der Waals surface area contributed by atoms with Crippen LogP contribution < -0.4 is 10.6 Å². The third-order valence-corrected chi connectivity index (χ3v) is 4.64. The molecule has 0 bridgehead atoms. The van der Waals surface area contributed by atoms with Gasteiger partial charge in [-0.2, -0.15) is 0 Å². The van der Waals surface area contributed by atoms with Crippen LogP contribution in [0.3, 0.4) is 0 Å². The van der Waals surface area contributed by atoms with Crippen molar-refractivity contribution in [3.8, 4) is 0 Å². The molecular weight excluding hydrogens is 326 g/mol. The monoisotopic (exact) mass is 351 g/mol. The molecule has 0 unspecified atom stereocenters. The number of benzene rings is 2. The minimum atomic E-state index is -0.259. The fourth-order valence-electron chi connectivity index (χ4n) is 3.10. The number of aryl methyl sites for hydroxylation is 1. The number of anilines is 1. The number of amides is 3. The molecule has 2 aromatic carbocycles. The fourth-order valence-corrected chi connectivity index (χ4v) is 3.10. The topological polar surface area (TPSA) is 61.4 Å². The standard InChI is InChI=1S/C21H25N3O2/c1-2-16-8-10-19(11-9-16)23-21(26)22-15-17-6-5-7-18(14-17)20(25)24-12-3-4-13-24/h5-11,14H,2-4,12-13,15H2,1H3,(H2,22,23,26). The minimum absolute atomic E-state index is 0.0739. The molecule has 5 nitrogen and oxygen atoms in total. The maximum Gasteiger partial charge on any atom is 0.319 e. The lowest BCUT2D eigenvalue weighted by Gasteiger charge is -2.15. The number of carbonyl (C=O) groups is 2. The Kier molecular flexibility index (Phi) is 5.89. The number of likely N-dealkylation sites (tertiary alicyclic amines) is 1. The molecule has 3 rings (SSSR count). The first-order valence-corrected chi connectivity index (χ1v) is 9.17. The van der Waals surface area contributed by atoms with E-state index >= 15 is 0 Å². The van der Waals surface area contributed by atoms with E-state index in [1.165, 1.54) is 5.56 Å². The Hall–Kier alpha value is -2.82. The second-order valence-electron chi connectivity index (χ2n) is 6.56. The molecule has 26 heavy (non-hydrogen) atoms. The van der Waals surface area contributed by atoms with Gasteiger partial charge in [-0.3, -0.25) is 4.79 Å². The molecule has 1 aliphatic rings. The molecule has 0 atom stereocenters. The van der Waals surface area contributed by atoms with Gasteiger partial charge in [0.2, 0.25) is 0 Å². The summed E-state index contributed by atoms with van der Waals surface area (Å²) in [5.74, 6) is 0.0739. The molecule has 0 radical (unpaired) electrons. The Morgan fingerprint density at radius 2 is 1.73 bits per heavy atom. The predicted octanol–water partition coefficient (Wildman–Crippen LogP) is 3.81. The molecule has 2 N–H and O–H groups in total. The maximum atomic E-state index is 12.5. The van der Waals surface area contributed by atoms with Crippen LogP contribution in [0, 0.1) is 0 Å². The quantitative estimate of drug-likeness (QED) is 0.860. The average Bonchev–Trinajstić information content (AvgIpc) is 3.21. The Bertz CT molecular complexity index is 765. The SMILES string of the molecule is CCc1ccc(NC(=O)NCc2cccc(C(=O)N3CCCC3)c2)cc1. The van der Waals surface area contributed by atoms with Crippen molar-refractivity contribution in [1.82, 2.24) is 10.2 Å². The van der Waals surface area contributed by atoms with Crippen molar-refractivity contribution in [2.75, 3.05) is 18.4 Å². The lowest BCUT2D eigenvalue weighted by atomic mass is 10.1. The number of hydrogen-bond acceptors (Lipinski definition) is 2. The zero-order chi connectivity index (χ0) is 18.4. The van der Waals surface area contributed by atoms with Gasteiger partial charge in [-0.25, -0.2) is 4.79 Å². The van der Waals surface area contributed by atoms with E-state index in [4.69, 9.17) is 0 Å². The molecule has 0 spiro atoms. The minimum Gasteiger partial charge on any atom is -0.339 e. The van der Waals surface area contributed by atoms with E-state index in [2.05, 4.69) is 17.6 Å². The lowest BCUT2D eigenvalue weighted by molar-refractivity contribution is 0.0792. The normalized spacial score (nSPS) is 13.5. The number of urea groups is 1. The Morgan fingerprint density at radius 1 is 1.00 bits per heavy atom. The summed E-state index contributed by atoms with van der Waals surface area (Å²) in [4.78, 5) is 26.4. The third-order valence-electron chi connectivity index (χ3n) is 4.64. The lowest BCUT2D eigenvalue weighted by Crippen LogP contribution is -2.29. The molecule has 3 amide bonds. The number of carbonyl (C=O) groups excluding carboxylic acids is 2. The Balaban J connectivity index is 1.54. The summed E-state index contributed by atoms with van der Waals surface area (Å²) in [6, 6.07) is 15.0. The van der Waals surface area contributed by atoms with E-state index in [1.54, 1.807) is 0 Å². The third kappa shape index (κ3) is 4.63. The van der Waals surface area contributed by atoms with Crippen molar-refractivity contribution >= 4 is 17.6 Å². The largest absolute Gasteiger partial charge is 0.339 e. The van der Waals surface area contributed by atoms with Gasteiger partial charge < -0.3 is 15.5 Å². The number of nitrogens with zero attached hydrogens (tertiary/aromatic N) is 1. The molecule has 5 heteroatoms. The zero-order valence-electron chi connectivity index (χ0n) is 15.1. The highest BCUT2D eigenvalue weighted by Crippen LogP contribution is 2.14. The van der Waals surface area contributed by atoms with Gasteiger partial charge in [-0.1, -0.05) is 31.2 Å². The van der Waals surface area contributed by atoms with Crippen molar-refractivity contribution in [1.29, 1.82) is 0 Å². The number of hydrogen-bond donors (Lipinski definition) is 2. The van der Waals surface area contributed by atoms with Crippen LogP contribution in [0.25, 0.3) is 0 Å². The first-order chi connectivity index (χ1) is 12.7. The van der Waals surface area contributed by atoms with Crippen LogP contribution in [0.2, 0.25) is 0 Å². The molecule has 0 aromatic heterocycles. The highest BCUT2D eigenvalue weighted by molar-refractivity contribution is 5.94. The van der Waals surface area contributed by atoms with Crippen LogP contribution in [-0.2, 0) is 13.0 Å². The number of rotatable bonds is 5. The van der Waals surface area contributed by atoms with Crippen LogP contribution in [0.1, 0.15) is 41.3 Å². The molecule has 2 aromatic rings. The fraction of sp³-hybridized carbons (Fsp3) is 0.333. The molecular formula is C21H25N3O2. The molecule has 1 saturated heterocycles. The van der Waals surface area contributed by atoms with Gasteiger partial charge in [0.15, 0.2) is 0 Å². The molecule has 136 valence electrons. The number of nitrogens with one attached hydrogen (secondary N) is 2. The van der Waals surface area contributed by atoms with Crippen LogP contribution in [0.5, 0.6) is 0 Å². The van der Waals surface area contributed by atoms with Gasteiger partial charge in [0.1, 0.15) is 0 Å². The summed E-state index contributed by atoms with van der Waals surface area (Å²) in [5.41, 5.74) is 3.58. The summed E-state index contributed by atoms with van der Waals surface area (Å²) >= 11 is 0. The van der Waals surface area contributed by atoms with Gasteiger partial charge in [-0.15, -0.1) is 0 Å². The van der Waals surface area contributed by atoms with Gasteiger partial charge in [0.25, 0.3) is 5.91 Å².